The molecule has 1 atom stereocenters. The average Bonchev–Trinajstić information content (AvgIpc) is 3.37. The molecule has 2 aromatic carbocycles. The number of hydrogen-bond acceptors (Lipinski definition) is 0. The highest BCUT2D eigenvalue weighted by Gasteiger charge is 2.27. The molecule has 0 saturated carbocycles. The van der Waals surface area contributed by atoms with Crippen LogP contribution in [0.2, 0.25) is 0 Å². The van der Waals surface area contributed by atoms with Gasteiger partial charge in [-0.3, -0.25) is 0 Å². The SMILES string of the molecule is CC(C)[C@@H](Cn1cc[n+](C)c1)n1cc[n+](C(c2ccccc2)c2ccccc2)c1. The largest absolute Gasteiger partial charge is 0.244 e. The maximum Gasteiger partial charge on any atom is 0.244 e. The molecule has 2 heterocycles. The molecule has 4 nitrogen and oxygen atoms in total. The normalized spacial score (nSPS) is 12.6. The molecule has 0 bridgehead atoms. The fourth-order valence-electron chi connectivity index (χ4n) is 4.02. The first-order valence-electron chi connectivity index (χ1n) is 10.3. The topological polar surface area (TPSA) is 17.6 Å². The Kier molecular flexibility index (Phi) is 5.61. The van der Waals surface area contributed by atoms with Gasteiger partial charge >= 0.3 is 0 Å². The third-order valence-electron chi connectivity index (χ3n) is 5.58. The van der Waals surface area contributed by atoms with Gasteiger partial charge in [0.05, 0.1) is 7.05 Å². The molecule has 29 heavy (non-hydrogen) atoms. The van der Waals surface area contributed by atoms with Gasteiger partial charge in [0.1, 0.15) is 37.4 Å². The van der Waals surface area contributed by atoms with Gasteiger partial charge in [-0.15, -0.1) is 0 Å². The number of nitrogens with zero attached hydrogens (tertiary/aromatic N) is 4. The van der Waals surface area contributed by atoms with Crippen molar-refractivity contribution >= 4 is 0 Å². The van der Waals surface area contributed by atoms with Crippen molar-refractivity contribution < 1.29 is 9.13 Å². The predicted molar refractivity (Wildman–Crippen MR) is 114 cm³/mol. The summed E-state index contributed by atoms with van der Waals surface area (Å²) in [7, 11) is 2.06. The van der Waals surface area contributed by atoms with Crippen molar-refractivity contribution in [1.29, 1.82) is 0 Å². The summed E-state index contributed by atoms with van der Waals surface area (Å²) in [6, 6.07) is 22.0. The van der Waals surface area contributed by atoms with E-state index < -0.39 is 0 Å². The molecule has 0 fully saturated rings. The van der Waals surface area contributed by atoms with Gasteiger partial charge in [-0.25, -0.2) is 18.3 Å². The molecule has 0 radical (unpaired) electrons. The maximum atomic E-state index is 2.36. The molecule has 0 unspecified atom stereocenters. The lowest BCUT2D eigenvalue weighted by molar-refractivity contribution is -0.704. The van der Waals surface area contributed by atoms with E-state index in [0.29, 0.717) is 12.0 Å². The summed E-state index contributed by atoms with van der Waals surface area (Å²) in [5.74, 6) is 0.524. The van der Waals surface area contributed by atoms with Crippen LogP contribution in [0.25, 0.3) is 0 Å². The van der Waals surface area contributed by atoms with Crippen molar-refractivity contribution in [2.75, 3.05) is 0 Å². The van der Waals surface area contributed by atoms with Crippen LogP contribution in [0.3, 0.4) is 0 Å². The van der Waals surface area contributed by atoms with Crippen LogP contribution in [0.15, 0.2) is 98.1 Å². The Morgan fingerprint density at radius 3 is 1.93 bits per heavy atom. The third-order valence-corrected chi connectivity index (χ3v) is 5.58. The van der Waals surface area contributed by atoms with Gasteiger partial charge < -0.3 is 0 Å². The Balaban J connectivity index is 1.69. The lowest BCUT2D eigenvalue weighted by Crippen LogP contribution is -2.39. The van der Waals surface area contributed by atoms with Crippen LogP contribution >= 0.6 is 0 Å². The molecule has 148 valence electrons. The predicted octanol–water partition coefficient (Wildman–Crippen LogP) is 3.94. The Hall–Kier alpha value is -3.14. The van der Waals surface area contributed by atoms with Gasteiger partial charge in [0.15, 0.2) is 6.04 Å². The van der Waals surface area contributed by atoms with Crippen LogP contribution in [-0.2, 0) is 13.6 Å². The third kappa shape index (κ3) is 4.32. The molecule has 4 aromatic rings. The van der Waals surface area contributed by atoms with E-state index in [0.717, 1.165) is 6.54 Å². The van der Waals surface area contributed by atoms with E-state index in [1.807, 2.05) is 0 Å². The smallest absolute Gasteiger partial charge is 0.240 e. The van der Waals surface area contributed by atoms with E-state index in [4.69, 9.17) is 0 Å². The van der Waals surface area contributed by atoms with Crippen LogP contribution in [0.4, 0.5) is 0 Å². The zero-order chi connectivity index (χ0) is 20.2. The summed E-state index contributed by atoms with van der Waals surface area (Å²) in [5.41, 5.74) is 2.58. The molecular weight excluding hydrogens is 356 g/mol. The van der Waals surface area contributed by atoms with E-state index in [1.165, 1.54) is 11.1 Å². The first-order chi connectivity index (χ1) is 14.1. The van der Waals surface area contributed by atoms with E-state index >= 15 is 0 Å². The minimum atomic E-state index is 0.163. The monoisotopic (exact) mass is 386 g/mol. The van der Waals surface area contributed by atoms with Gasteiger partial charge in [0.25, 0.3) is 0 Å². The van der Waals surface area contributed by atoms with Crippen LogP contribution in [0, 0.1) is 5.92 Å². The number of aryl methyl sites for hydroxylation is 1. The number of aromatic nitrogens is 4. The number of benzene rings is 2. The van der Waals surface area contributed by atoms with E-state index in [2.05, 4.69) is 137 Å². The average molecular weight is 387 g/mol. The second-order valence-electron chi connectivity index (χ2n) is 8.12. The lowest BCUT2D eigenvalue weighted by Gasteiger charge is -2.17. The first kappa shape index (κ1) is 19.2. The molecule has 0 saturated heterocycles. The van der Waals surface area contributed by atoms with E-state index in [-0.39, 0.29) is 6.04 Å². The second kappa shape index (κ2) is 8.48. The van der Waals surface area contributed by atoms with Crippen molar-refractivity contribution in [1.82, 2.24) is 9.13 Å². The van der Waals surface area contributed by atoms with Gasteiger partial charge in [0, 0.05) is 11.1 Å². The molecule has 4 rings (SSSR count). The molecule has 0 amide bonds. The summed E-state index contributed by atoms with van der Waals surface area (Å²) in [6.07, 6.45) is 13.1. The fourth-order valence-corrected chi connectivity index (χ4v) is 4.02. The highest BCUT2D eigenvalue weighted by molar-refractivity contribution is 5.29. The number of imidazole rings is 2. The Labute approximate surface area is 173 Å². The van der Waals surface area contributed by atoms with Crippen molar-refractivity contribution in [2.45, 2.75) is 32.5 Å². The van der Waals surface area contributed by atoms with Gasteiger partial charge in [-0.2, -0.15) is 0 Å². The summed E-state index contributed by atoms with van der Waals surface area (Å²) in [5, 5.41) is 0. The van der Waals surface area contributed by atoms with Crippen molar-refractivity contribution in [3.05, 3.63) is 109 Å². The summed E-state index contributed by atoms with van der Waals surface area (Å²) >= 11 is 0. The second-order valence-corrected chi connectivity index (χ2v) is 8.12. The van der Waals surface area contributed by atoms with E-state index in [9.17, 15) is 0 Å². The Bertz CT molecular complexity index is 991. The minimum absolute atomic E-state index is 0.163. The molecule has 0 aliphatic heterocycles. The van der Waals surface area contributed by atoms with Gasteiger partial charge in [0.2, 0.25) is 12.7 Å². The molecule has 0 aliphatic rings. The number of rotatable bonds is 7. The van der Waals surface area contributed by atoms with Gasteiger partial charge in [-0.1, -0.05) is 74.5 Å². The van der Waals surface area contributed by atoms with E-state index in [1.54, 1.807) is 0 Å². The first-order valence-corrected chi connectivity index (χ1v) is 10.3. The summed E-state index contributed by atoms with van der Waals surface area (Å²) < 4.78 is 9.05. The quantitative estimate of drug-likeness (QED) is 0.428. The van der Waals surface area contributed by atoms with Crippen LogP contribution in [0.5, 0.6) is 0 Å². The molecule has 4 heteroatoms. The van der Waals surface area contributed by atoms with Crippen molar-refractivity contribution in [3.8, 4) is 0 Å². The standard InChI is InChI=1S/C25H30N4/c1-21(2)24(18-27-15-14-26(3)19-27)28-16-17-29(20-28)25(22-10-6-4-7-11-22)23-12-8-5-9-13-23/h4-17,19-21,24-25H,18H2,1-3H3/q+2/t24-/m1/s1. The highest BCUT2D eigenvalue weighted by Crippen LogP contribution is 2.23. The Morgan fingerprint density at radius 2 is 1.41 bits per heavy atom. The maximum absolute atomic E-state index is 2.36. The number of hydrogen-bond donors (Lipinski definition) is 0. The van der Waals surface area contributed by atoms with Crippen molar-refractivity contribution in [3.63, 3.8) is 0 Å². The molecule has 0 spiro atoms. The minimum Gasteiger partial charge on any atom is -0.240 e. The Morgan fingerprint density at radius 1 is 0.793 bits per heavy atom. The summed E-state index contributed by atoms with van der Waals surface area (Å²) in [4.78, 5) is 0. The summed E-state index contributed by atoms with van der Waals surface area (Å²) in [6.45, 7) is 5.54. The van der Waals surface area contributed by atoms with Crippen molar-refractivity contribution in [2.24, 2.45) is 13.0 Å². The zero-order valence-corrected chi connectivity index (χ0v) is 17.5. The zero-order valence-electron chi connectivity index (χ0n) is 17.5. The molecular formula is C25H30N4+2. The highest BCUT2D eigenvalue weighted by atomic mass is 15.2. The van der Waals surface area contributed by atoms with Gasteiger partial charge in [-0.05, 0) is 5.92 Å². The molecule has 0 N–H and O–H groups in total. The van der Waals surface area contributed by atoms with Crippen LogP contribution < -0.4 is 9.13 Å². The lowest BCUT2D eigenvalue weighted by atomic mass is 9.99. The molecule has 2 aromatic heterocycles. The fraction of sp³-hybridized carbons (Fsp3) is 0.280. The van der Waals surface area contributed by atoms with Crippen LogP contribution in [-0.4, -0.2) is 9.13 Å². The van der Waals surface area contributed by atoms with Crippen LogP contribution in [0.1, 0.15) is 37.1 Å². The molecule has 0 aliphatic carbocycles.